The van der Waals surface area contributed by atoms with E-state index in [4.69, 9.17) is 4.74 Å². The van der Waals surface area contributed by atoms with E-state index in [-0.39, 0.29) is 11.6 Å². The zero-order valence-corrected chi connectivity index (χ0v) is 13.1. The van der Waals surface area contributed by atoms with Crippen molar-refractivity contribution in [3.05, 3.63) is 18.0 Å². The molecule has 0 aliphatic rings. The first-order chi connectivity index (χ1) is 9.12. The van der Waals surface area contributed by atoms with Gasteiger partial charge >= 0.3 is 0 Å². The quantitative estimate of drug-likeness (QED) is 0.747. The summed E-state index contributed by atoms with van der Waals surface area (Å²) in [6, 6.07) is 2.28. The summed E-state index contributed by atoms with van der Waals surface area (Å²) in [5.74, 6) is 0. The SMILES string of the molecule is CCCn1nccc1C(NCC)C(C)(CC)OCC. The predicted molar refractivity (Wildman–Crippen MR) is 79.3 cm³/mol. The summed E-state index contributed by atoms with van der Waals surface area (Å²) >= 11 is 0. The summed E-state index contributed by atoms with van der Waals surface area (Å²) in [6.07, 6.45) is 3.94. The smallest absolute Gasteiger partial charge is 0.0860 e. The van der Waals surface area contributed by atoms with Crippen LogP contribution in [-0.4, -0.2) is 28.5 Å². The molecular formula is C15H29N3O. The van der Waals surface area contributed by atoms with Crippen molar-refractivity contribution < 1.29 is 4.74 Å². The fraction of sp³-hybridized carbons (Fsp3) is 0.800. The van der Waals surface area contributed by atoms with Gasteiger partial charge in [0.15, 0.2) is 0 Å². The monoisotopic (exact) mass is 267 g/mol. The van der Waals surface area contributed by atoms with Gasteiger partial charge in [-0.25, -0.2) is 0 Å². The van der Waals surface area contributed by atoms with Crippen LogP contribution in [0, 0.1) is 0 Å². The van der Waals surface area contributed by atoms with Gasteiger partial charge in [-0.2, -0.15) is 5.10 Å². The van der Waals surface area contributed by atoms with Crippen LogP contribution >= 0.6 is 0 Å². The number of nitrogens with zero attached hydrogens (tertiary/aromatic N) is 2. The van der Waals surface area contributed by atoms with Crippen LogP contribution in [0.25, 0.3) is 0 Å². The number of aromatic nitrogens is 2. The molecule has 0 aliphatic carbocycles. The normalized spacial score (nSPS) is 16.3. The van der Waals surface area contributed by atoms with Crippen molar-refractivity contribution in [1.29, 1.82) is 0 Å². The maximum Gasteiger partial charge on any atom is 0.0860 e. The molecule has 0 saturated carbocycles. The molecule has 1 N–H and O–H groups in total. The van der Waals surface area contributed by atoms with Gasteiger partial charge in [-0.05, 0) is 39.3 Å². The molecule has 0 aromatic carbocycles. The molecule has 0 spiro atoms. The fourth-order valence-corrected chi connectivity index (χ4v) is 2.54. The summed E-state index contributed by atoms with van der Waals surface area (Å²) in [4.78, 5) is 0. The van der Waals surface area contributed by atoms with Crippen molar-refractivity contribution in [2.45, 2.75) is 65.6 Å². The van der Waals surface area contributed by atoms with Crippen LogP contribution in [0.15, 0.2) is 12.3 Å². The molecule has 19 heavy (non-hydrogen) atoms. The van der Waals surface area contributed by atoms with Gasteiger partial charge in [-0.3, -0.25) is 4.68 Å². The predicted octanol–water partition coefficient (Wildman–Crippen LogP) is 3.15. The van der Waals surface area contributed by atoms with Crippen LogP contribution in [0.5, 0.6) is 0 Å². The van der Waals surface area contributed by atoms with Crippen molar-refractivity contribution in [3.8, 4) is 0 Å². The summed E-state index contributed by atoms with van der Waals surface area (Å²) in [5.41, 5.74) is 1.03. The van der Waals surface area contributed by atoms with Gasteiger partial charge in [-0.1, -0.05) is 20.8 Å². The van der Waals surface area contributed by atoms with E-state index < -0.39 is 0 Å². The second kappa shape index (κ2) is 7.65. The van der Waals surface area contributed by atoms with Crippen molar-refractivity contribution in [2.75, 3.05) is 13.2 Å². The maximum absolute atomic E-state index is 6.05. The van der Waals surface area contributed by atoms with E-state index in [1.54, 1.807) is 0 Å². The zero-order chi connectivity index (χ0) is 14.3. The Balaban J connectivity index is 3.07. The number of nitrogens with one attached hydrogen (secondary N) is 1. The Bertz CT molecular complexity index is 364. The Labute approximate surface area is 117 Å². The lowest BCUT2D eigenvalue weighted by Gasteiger charge is -2.37. The average molecular weight is 267 g/mol. The second-order valence-corrected chi connectivity index (χ2v) is 5.07. The molecule has 0 aliphatic heterocycles. The number of rotatable bonds is 9. The molecule has 0 fully saturated rings. The van der Waals surface area contributed by atoms with Crippen molar-refractivity contribution >= 4 is 0 Å². The maximum atomic E-state index is 6.05. The zero-order valence-electron chi connectivity index (χ0n) is 13.1. The van der Waals surface area contributed by atoms with Gasteiger partial charge in [0.25, 0.3) is 0 Å². The van der Waals surface area contributed by atoms with Crippen LogP contribution in [0.1, 0.15) is 59.2 Å². The minimum atomic E-state index is -0.198. The van der Waals surface area contributed by atoms with E-state index in [1.165, 1.54) is 5.69 Å². The number of aryl methyl sites for hydroxylation is 1. The summed E-state index contributed by atoms with van der Waals surface area (Å²) in [5, 5.41) is 8.01. The number of ether oxygens (including phenoxy) is 1. The highest BCUT2D eigenvalue weighted by Crippen LogP contribution is 2.32. The molecule has 1 aromatic heterocycles. The van der Waals surface area contributed by atoms with Crippen LogP contribution in [0.2, 0.25) is 0 Å². The third kappa shape index (κ3) is 3.80. The Kier molecular flexibility index (Phi) is 6.52. The molecule has 0 amide bonds. The molecule has 4 heteroatoms. The first-order valence-corrected chi connectivity index (χ1v) is 7.51. The molecule has 2 unspecified atom stereocenters. The van der Waals surface area contributed by atoms with Gasteiger partial charge in [0.05, 0.1) is 17.3 Å². The van der Waals surface area contributed by atoms with Crippen molar-refractivity contribution in [1.82, 2.24) is 15.1 Å². The van der Waals surface area contributed by atoms with E-state index in [9.17, 15) is 0 Å². The number of hydrogen-bond donors (Lipinski definition) is 1. The van der Waals surface area contributed by atoms with E-state index >= 15 is 0 Å². The molecule has 4 nitrogen and oxygen atoms in total. The molecule has 0 saturated heterocycles. The molecule has 2 atom stereocenters. The molecule has 0 bridgehead atoms. The van der Waals surface area contributed by atoms with Crippen LogP contribution < -0.4 is 5.32 Å². The van der Waals surface area contributed by atoms with Crippen LogP contribution in [0.4, 0.5) is 0 Å². The standard InChI is InChI=1S/C15H29N3O/c1-6-12-18-13(10-11-17-18)14(16-8-3)15(5,7-2)19-9-4/h10-11,14,16H,6-9,12H2,1-5H3. The Morgan fingerprint density at radius 2 is 2.11 bits per heavy atom. The van der Waals surface area contributed by atoms with E-state index in [0.717, 1.165) is 32.5 Å². The Morgan fingerprint density at radius 3 is 2.63 bits per heavy atom. The van der Waals surface area contributed by atoms with Gasteiger partial charge < -0.3 is 10.1 Å². The first-order valence-electron chi connectivity index (χ1n) is 7.51. The molecule has 1 aromatic rings. The summed E-state index contributed by atoms with van der Waals surface area (Å²) < 4.78 is 8.14. The van der Waals surface area contributed by atoms with Gasteiger partial charge in [-0.15, -0.1) is 0 Å². The molecular weight excluding hydrogens is 238 g/mol. The molecule has 0 radical (unpaired) electrons. The lowest BCUT2D eigenvalue weighted by Crippen LogP contribution is -2.44. The van der Waals surface area contributed by atoms with Crippen molar-refractivity contribution in [2.24, 2.45) is 0 Å². The van der Waals surface area contributed by atoms with Crippen molar-refractivity contribution in [3.63, 3.8) is 0 Å². The lowest BCUT2D eigenvalue weighted by molar-refractivity contribution is -0.0579. The first kappa shape index (κ1) is 16.2. The van der Waals surface area contributed by atoms with Gasteiger partial charge in [0, 0.05) is 19.3 Å². The molecule has 110 valence electrons. The van der Waals surface area contributed by atoms with E-state index in [2.05, 4.69) is 55.8 Å². The minimum absolute atomic E-state index is 0.177. The highest BCUT2D eigenvalue weighted by molar-refractivity contribution is 5.13. The third-order valence-corrected chi connectivity index (χ3v) is 3.68. The topological polar surface area (TPSA) is 39.1 Å². The largest absolute Gasteiger partial charge is 0.374 e. The number of hydrogen-bond acceptors (Lipinski definition) is 3. The highest BCUT2D eigenvalue weighted by atomic mass is 16.5. The number of likely N-dealkylation sites (N-methyl/N-ethyl adjacent to an activating group) is 1. The van der Waals surface area contributed by atoms with Crippen LogP contribution in [0.3, 0.4) is 0 Å². The average Bonchev–Trinajstić information content (AvgIpc) is 2.84. The molecule has 1 heterocycles. The lowest BCUT2D eigenvalue weighted by atomic mass is 9.90. The van der Waals surface area contributed by atoms with E-state index in [0.29, 0.717) is 0 Å². The third-order valence-electron chi connectivity index (χ3n) is 3.68. The van der Waals surface area contributed by atoms with Gasteiger partial charge in [0.1, 0.15) is 0 Å². The minimum Gasteiger partial charge on any atom is -0.374 e. The summed E-state index contributed by atoms with van der Waals surface area (Å²) in [6.45, 7) is 13.3. The van der Waals surface area contributed by atoms with Crippen LogP contribution in [-0.2, 0) is 11.3 Å². The molecule has 1 rings (SSSR count). The summed E-state index contributed by atoms with van der Waals surface area (Å²) in [7, 11) is 0. The van der Waals surface area contributed by atoms with Gasteiger partial charge in [0.2, 0.25) is 0 Å². The highest BCUT2D eigenvalue weighted by Gasteiger charge is 2.35. The second-order valence-electron chi connectivity index (χ2n) is 5.07. The Hall–Kier alpha value is -0.870. The van der Waals surface area contributed by atoms with E-state index in [1.807, 2.05) is 6.20 Å². The fourth-order valence-electron chi connectivity index (χ4n) is 2.54. The Morgan fingerprint density at radius 1 is 1.37 bits per heavy atom.